The van der Waals surface area contributed by atoms with Gasteiger partial charge in [-0.05, 0) is 32.1 Å². The minimum absolute atomic E-state index is 0.118. The van der Waals surface area contributed by atoms with Crippen LogP contribution in [0.2, 0.25) is 0 Å². The second-order valence-electron chi connectivity index (χ2n) is 6.93. The largest absolute Gasteiger partial charge is 0.481 e. The second kappa shape index (κ2) is 10.9. The van der Waals surface area contributed by atoms with Crippen molar-refractivity contribution in [3.63, 3.8) is 0 Å². The molecule has 6 heteroatoms. The smallest absolute Gasteiger partial charge is 0.327 e. The Kier molecular flexibility index (Phi) is 9.32. The number of aliphatic carboxylic acids is 1. The standard InChI is InChI=1S/C20H29F2NO3/c1-3-4-10-16(2)11-9-12-17-15-20(21,22)19(26)23(17)14-8-6-5-7-13-18(24)25/h9,12,16-17H,5-8,10-11,13-15H2,1-2H3,(H,24,25)/b12-9+. The normalized spacial score (nSPS) is 20.2. The van der Waals surface area contributed by atoms with Crippen molar-refractivity contribution in [1.29, 1.82) is 0 Å². The van der Waals surface area contributed by atoms with E-state index >= 15 is 0 Å². The first kappa shape index (κ1) is 22.1. The molecule has 0 aromatic carbocycles. The van der Waals surface area contributed by atoms with Crippen molar-refractivity contribution < 1.29 is 23.5 Å². The maximum Gasteiger partial charge on any atom is 0.327 e. The minimum Gasteiger partial charge on any atom is -0.481 e. The van der Waals surface area contributed by atoms with Crippen LogP contribution in [0, 0.1) is 17.8 Å². The molecule has 0 aromatic heterocycles. The summed E-state index contributed by atoms with van der Waals surface area (Å²) < 4.78 is 27.6. The van der Waals surface area contributed by atoms with Gasteiger partial charge >= 0.3 is 11.9 Å². The molecular weight excluding hydrogens is 340 g/mol. The van der Waals surface area contributed by atoms with Crippen LogP contribution in [0.25, 0.3) is 0 Å². The number of nitrogens with zero attached hydrogens (tertiary/aromatic N) is 1. The van der Waals surface area contributed by atoms with Crippen molar-refractivity contribution in [2.45, 2.75) is 77.2 Å². The summed E-state index contributed by atoms with van der Waals surface area (Å²) in [6.45, 7) is 4.12. The van der Waals surface area contributed by atoms with E-state index < -0.39 is 30.3 Å². The van der Waals surface area contributed by atoms with Crippen LogP contribution >= 0.6 is 0 Å². The third-order valence-corrected chi connectivity index (χ3v) is 4.50. The molecule has 2 unspecified atom stereocenters. The van der Waals surface area contributed by atoms with Crippen LogP contribution in [0.4, 0.5) is 8.78 Å². The summed E-state index contributed by atoms with van der Waals surface area (Å²) in [7, 11) is 0. The van der Waals surface area contributed by atoms with Gasteiger partial charge in [-0.15, -0.1) is 11.8 Å². The fourth-order valence-corrected chi connectivity index (χ4v) is 3.00. The first-order valence-corrected chi connectivity index (χ1v) is 9.25. The lowest BCUT2D eigenvalue weighted by molar-refractivity contribution is -0.148. The van der Waals surface area contributed by atoms with Crippen molar-refractivity contribution in [2.75, 3.05) is 6.54 Å². The Bertz CT molecular complexity index is 563. The van der Waals surface area contributed by atoms with E-state index in [4.69, 9.17) is 5.11 Å². The molecule has 146 valence electrons. The van der Waals surface area contributed by atoms with Gasteiger partial charge in [0.2, 0.25) is 0 Å². The molecule has 1 fully saturated rings. The molecule has 1 rings (SSSR count). The van der Waals surface area contributed by atoms with E-state index in [1.807, 2.05) is 6.08 Å². The molecule has 1 saturated heterocycles. The third-order valence-electron chi connectivity index (χ3n) is 4.50. The van der Waals surface area contributed by atoms with Gasteiger partial charge in [0.1, 0.15) is 0 Å². The number of alkyl halides is 2. The van der Waals surface area contributed by atoms with Crippen LogP contribution in [0.15, 0.2) is 12.2 Å². The van der Waals surface area contributed by atoms with E-state index in [-0.39, 0.29) is 13.0 Å². The fourth-order valence-electron chi connectivity index (χ4n) is 3.00. The summed E-state index contributed by atoms with van der Waals surface area (Å²) >= 11 is 0. The van der Waals surface area contributed by atoms with Crippen LogP contribution in [0.5, 0.6) is 0 Å². The summed E-state index contributed by atoms with van der Waals surface area (Å²) in [6, 6.07) is -0.569. The zero-order valence-electron chi connectivity index (χ0n) is 15.6. The fraction of sp³-hybridized carbons (Fsp3) is 0.700. The number of carboxylic acids is 1. The molecule has 1 N–H and O–H groups in total. The molecule has 1 aliphatic heterocycles. The van der Waals surface area contributed by atoms with E-state index in [2.05, 4.69) is 18.8 Å². The Morgan fingerprint density at radius 3 is 2.73 bits per heavy atom. The van der Waals surface area contributed by atoms with Crippen LogP contribution < -0.4 is 0 Å². The number of likely N-dealkylation sites (tertiary alicyclic amines) is 1. The summed E-state index contributed by atoms with van der Waals surface area (Å²) in [5.41, 5.74) is 0. The number of allylic oxidation sites excluding steroid dienone is 1. The van der Waals surface area contributed by atoms with E-state index in [1.165, 1.54) is 4.90 Å². The summed E-state index contributed by atoms with van der Waals surface area (Å²) in [6.07, 6.45) is 7.38. The number of carbonyl (C=O) groups is 2. The van der Waals surface area contributed by atoms with Gasteiger partial charge in [-0.2, -0.15) is 8.78 Å². The molecule has 2 atom stereocenters. The van der Waals surface area contributed by atoms with E-state index in [1.54, 1.807) is 13.0 Å². The predicted molar refractivity (Wildman–Crippen MR) is 96.8 cm³/mol. The molecule has 0 aliphatic carbocycles. The van der Waals surface area contributed by atoms with Gasteiger partial charge in [0.15, 0.2) is 0 Å². The quantitative estimate of drug-likeness (QED) is 0.336. The molecule has 0 saturated carbocycles. The monoisotopic (exact) mass is 369 g/mol. The Balaban J connectivity index is 2.49. The SMILES string of the molecule is CC#CCC(C)C/C=C/C1CC(F)(F)C(=O)N1CCCCCCC(=O)O. The van der Waals surface area contributed by atoms with Crippen LogP contribution in [-0.4, -0.2) is 40.4 Å². The van der Waals surface area contributed by atoms with Gasteiger partial charge in [0.05, 0.1) is 6.04 Å². The first-order chi connectivity index (χ1) is 12.3. The molecule has 0 spiro atoms. The van der Waals surface area contributed by atoms with Gasteiger partial charge in [-0.25, -0.2) is 0 Å². The van der Waals surface area contributed by atoms with Gasteiger partial charge < -0.3 is 10.0 Å². The average molecular weight is 369 g/mol. The highest BCUT2D eigenvalue weighted by atomic mass is 19.3. The number of carbonyl (C=O) groups excluding carboxylic acids is 1. The Morgan fingerprint density at radius 2 is 2.08 bits per heavy atom. The predicted octanol–water partition coefficient (Wildman–Crippen LogP) is 4.25. The van der Waals surface area contributed by atoms with Crippen molar-refractivity contribution in [3.8, 4) is 11.8 Å². The van der Waals surface area contributed by atoms with Crippen LogP contribution in [0.1, 0.15) is 65.2 Å². The first-order valence-electron chi connectivity index (χ1n) is 9.25. The van der Waals surface area contributed by atoms with E-state index in [0.29, 0.717) is 18.8 Å². The topological polar surface area (TPSA) is 57.6 Å². The molecule has 0 radical (unpaired) electrons. The Hall–Kier alpha value is -1.90. The van der Waals surface area contributed by atoms with Gasteiger partial charge in [0, 0.05) is 25.8 Å². The molecule has 4 nitrogen and oxygen atoms in total. The van der Waals surface area contributed by atoms with Crippen molar-refractivity contribution in [1.82, 2.24) is 4.90 Å². The number of amides is 1. The zero-order valence-corrected chi connectivity index (χ0v) is 15.6. The Labute approximate surface area is 154 Å². The van der Waals surface area contributed by atoms with Crippen LogP contribution in [0.3, 0.4) is 0 Å². The number of hydrogen-bond acceptors (Lipinski definition) is 2. The lowest BCUT2D eigenvalue weighted by atomic mass is 10.0. The van der Waals surface area contributed by atoms with Crippen molar-refractivity contribution >= 4 is 11.9 Å². The maximum absolute atomic E-state index is 13.8. The second-order valence-corrected chi connectivity index (χ2v) is 6.93. The molecule has 0 bridgehead atoms. The van der Waals surface area contributed by atoms with Crippen molar-refractivity contribution in [3.05, 3.63) is 12.2 Å². The summed E-state index contributed by atoms with van der Waals surface area (Å²) in [5, 5.41) is 8.59. The highest BCUT2D eigenvalue weighted by molar-refractivity contribution is 5.86. The number of unbranched alkanes of at least 4 members (excludes halogenated alkanes) is 3. The zero-order chi connectivity index (χ0) is 19.6. The van der Waals surface area contributed by atoms with Gasteiger partial charge in [-0.3, -0.25) is 9.59 Å². The number of rotatable bonds is 11. The summed E-state index contributed by atoms with van der Waals surface area (Å²) in [4.78, 5) is 23.7. The van der Waals surface area contributed by atoms with E-state index in [9.17, 15) is 18.4 Å². The molecule has 0 aromatic rings. The molecular formula is C20H29F2NO3. The lowest BCUT2D eigenvalue weighted by Crippen LogP contribution is -2.36. The van der Waals surface area contributed by atoms with Gasteiger partial charge in [0.25, 0.3) is 5.91 Å². The summed E-state index contributed by atoms with van der Waals surface area (Å²) in [5.74, 6) is 0.968. The minimum atomic E-state index is -3.29. The maximum atomic E-state index is 13.8. The Morgan fingerprint density at radius 1 is 1.38 bits per heavy atom. The van der Waals surface area contributed by atoms with Gasteiger partial charge in [-0.1, -0.05) is 31.9 Å². The third kappa shape index (κ3) is 7.55. The van der Waals surface area contributed by atoms with Crippen LogP contribution in [-0.2, 0) is 9.59 Å². The molecule has 1 amide bonds. The molecule has 1 aliphatic rings. The highest BCUT2D eigenvalue weighted by Gasteiger charge is 2.52. The number of hydrogen-bond donors (Lipinski definition) is 1. The average Bonchev–Trinajstić information content (AvgIpc) is 2.78. The highest BCUT2D eigenvalue weighted by Crippen LogP contribution is 2.34. The molecule has 26 heavy (non-hydrogen) atoms. The van der Waals surface area contributed by atoms with E-state index in [0.717, 1.165) is 25.7 Å². The molecule has 1 heterocycles. The number of carboxylic acid groups (broad SMARTS) is 1. The number of halogens is 2. The lowest BCUT2D eigenvalue weighted by Gasteiger charge is -2.21. The van der Waals surface area contributed by atoms with Crippen molar-refractivity contribution in [2.24, 2.45) is 5.92 Å².